The van der Waals surface area contributed by atoms with E-state index in [-0.39, 0.29) is 24.8 Å². The molecule has 0 amide bonds. The Morgan fingerprint density at radius 2 is 1.08 bits per heavy atom. The topological polar surface area (TPSA) is 52.6 Å². The molecule has 0 unspecified atom stereocenters. The van der Waals surface area contributed by atoms with Crippen molar-refractivity contribution in [2.75, 3.05) is 0 Å². The van der Waals surface area contributed by atoms with Crippen molar-refractivity contribution < 1.29 is 19.1 Å². The number of hydrogen-bond donors (Lipinski definition) is 0. The number of aryl methyl sites for hydroxylation is 2. The molecule has 0 bridgehead atoms. The number of unbranched alkanes of at least 4 members (excludes halogenated alkanes) is 1. The van der Waals surface area contributed by atoms with Crippen molar-refractivity contribution in [3.05, 3.63) is 58.7 Å². The van der Waals surface area contributed by atoms with E-state index in [1.807, 2.05) is 52.0 Å². The van der Waals surface area contributed by atoms with Crippen molar-refractivity contribution in [2.45, 2.75) is 53.4 Å². The number of benzene rings is 2. The lowest BCUT2D eigenvalue weighted by Gasteiger charge is -2.10. The summed E-state index contributed by atoms with van der Waals surface area (Å²) < 4.78 is 10.8. The number of hydrogen-bond acceptors (Lipinski definition) is 4. The van der Waals surface area contributed by atoms with E-state index < -0.39 is 0 Å². The maximum absolute atomic E-state index is 12.0. The Morgan fingerprint density at radius 1 is 0.692 bits per heavy atom. The van der Waals surface area contributed by atoms with Crippen molar-refractivity contribution in [3.8, 4) is 11.5 Å². The molecule has 2 aromatic carbocycles. The Kier molecular flexibility index (Phi) is 6.96. The van der Waals surface area contributed by atoms with Gasteiger partial charge in [-0.05, 0) is 74.9 Å². The molecular weight excluding hydrogens is 328 g/mol. The average Bonchev–Trinajstić information content (AvgIpc) is 2.60. The largest absolute Gasteiger partial charge is 0.426 e. The van der Waals surface area contributed by atoms with Gasteiger partial charge in [0.2, 0.25) is 0 Å². The molecular formula is C22H26O4. The predicted molar refractivity (Wildman–Crippen MR) is 102 cm³/mol. The summed E-state index contributed by atoms with van der Waals surface area (Å²) in [5, 5.41) is 0. The van der Waals surface area contributed by atoms with E-state index in [2.05, 4.69) is 0 Å². The zero-order chi connectivity index (χ0) is 19.1. The first-order chi connectivity index (χ1) is 12.4. The highest BCUT2D eigenvalue weighted by molar-refractivity contribution is 5.74. The first-order valence-corrected chi connectivity index (χ1v) is 8.92. The fourth-order valence-electron chi connectivity index (χ4n) is 2.56. The molecule has 0 spiro atoms. The Bertz CT molecular complexity index is 725. The molecule has 0 aliphatic rings. The molecule has 0 aliphatic carbocycles. The van der Waals surface area contributed by atoms with Crippen LogP contribution < -0.4 is 9.47 Å². The van der Waals surface area contributed by atoms with Crippen LogP contribution >= 0.6 is 0 Å². The summed E-state index contributed by atoms with van der Waals surface area (Å²) in [7, 11) is 0. The lowest BCUT2D eigenvalue weighted by Crippen LogP contribution is -2.11. The van der Waals surface area contributed by atoms with Gasteiger partial charge in [-0.3, -0.25) is 9.59 Å². The molecule has 2 aromatic rings. The van der Waals surface area contributed by atoms with Crippen LogP contribution in [-0.2, 0) is 9.59 Å². The molecule has 0 aliphatic heterocycles. The Morgan fingerprint density at radius 3 is 1.46 bits per heavy atom. The van der Waals surface area contributed by atoms with Gasteiger partial charge in [0.15, 0.2) is 0 Å². The van der Waals surface area contributed by atoms with E-state index >= 15 is 0 Å². The van der Waals surface area contributed by atoms with Crippen molar-refractivity contribution in [1.82, 2.24) is 0 Å². The smallest absolute Gasteiger partial charge is 0.311 e. The van der Waals surface area contributed by atoms with Crippen molar-refractivity contribution in [3.63, 3.8) is 0 Å². The molecule has 138 valence electrons. The maximum Gasteiger partial charge on any atom is 0.311 e. The third kappa shape index (κ3) is 5.45. The number of esters is 2. The van der Waals surface area contributed by atoms with Crippen molar-refractivity contribution in [2.24, 2.45) is 0 Å². The molecule has 0 heterocycles. The first kappa shape index (κ1) is 19.7. The van der Waals surface area contributed by atoms with E-state index in [4.69, 9.17) is 9.47 Å². The van der Waals surface area contributed by atoms with Crippen LogP contribution in [0.15, 0.2) is 36.4 Å². The minimum atomic E-state index is -0.276. The van der Waals surface area contributed by atoms with Gasteiger partial charge >= 0.3 is 11.9 Å². The molecule has 0 fully saturated rings. The number of carbonyl (C=O) groups excluding carboxylic acids is 2. The first-order valence-electron chi connectivity index (χ1n) is 8.92. The summed E-state index contributed by atoms with van der Waals surface area (Å²) in [6.45, 7) is 7.82. The summed E-state index contributed by atoms with van der Waals surface area (Å²) >= 11 is 0. The minimum Gasteiger partial charge on any atom is -0.426 e. The van der Waals surface area contributed by atoms with Crippen molar-refractivity contribution in [1.29, 1.82) is 0 Å². The van der Waals surface area contributed by atoms with Crippen LogP contribution in [0.5, 0.6) is 11.5 Å². The van der Waals surface area contributed by atoms with Gasteiger partial charge in [0.25, 0.3) is 0 Å². The normalized spacial score (nSPS) is 10.5. The number of carbonyl (C=O) groups is 2. The molecule has 4 heteroatoms. The van der Waals surface area contributed by atoms with Crippen LogP contribution in [-0.4, -0.2) is 11.9 Å². The van der Waals surface area contributed by atoms with Gasteiger partial charge in [-0.15, -0.1) is 0 Å². The van der Waals surface area contributed by atoms with Gasteiger partial charge in [-0.1, -0.05) is 24.3 Å². The summed E-state index contributed by atoms with van der Waals surface area (Å²) in [5.41, 5.74) is 4.12. The molecule has 2 rings (SSSR count). The molecule has 0 saturated carbocycles. The molecule has 0 radical (unpaired) electrons. The molecule has 0 N–H and O–H groups in total. The molecule has 0 aromatic heterocycles. The van der Waals surface area contributed by atoms with Crippen LogP contribution in [0.1, 0.15) is 47.9 Å². The number of ether oxygens (including phenoxy) is 2. The summed E-state index contributed by atoms with van der Waals surface area (Å²) in [6, 6.07) is 11.3. The second kappa shape index (κ2) is 9.18. The van der Waals surface area contributed by atoms with Gasteiger partial charge in [0.1, 0.15) is 11.5 Å². The molecule has 26 heavy (non-hydrogen) atoms. The minimum absolute atomic E-state index is 0.276. The second-order valence-electron chi connectivity index (χ2n) is 6.55. The van der Waals surface area contributed by atoms with Gasteiger partial charge in [0.05, 0.1) is 0 Å². The van der Waals surface area contributed by atoms with Crippen LogP contribution in [0.3, 0.4) is 0 Å². The molecule has 4 nitrogen and oxygen atoms in total. The molecule has 0 saturated heterocycles. The van der Waals surface area contributed by atoms with Gasteiger partial charge < -0.3 is 9.47 Å². The SMILES string of the molecule is Cc1cccc(OC(=O)CCCCC(=O)Oc2cccc(C)c2C)c1C. The molecule has 0 atom stereocenters. The summed E-state index contributed by atoms with van der Waals surface area (Å²) in [5.74, 6) is 0.650. The third-order valence-electron chi connectivity index (χ3n) is 4.57. The average molecular weight is 354 g/mol. The van der Waals surface area contributed by atoms with Crippen LogP contribution in [0.25, 0.3) is 0 Å². The standard InChI is InChI=1S/C22H26O4/c1-15-9-7-11-19(17(15)3)25-21(23)13-5-6-14-22(24)26-20-12-8-10-16(2)18(20)4/h7-12H,5-6,13-14H2,1-4H3. The lowest BCUT2D eigenvalue weighted by atomic mass is 10.1. The summed E-state index contributed by atoms with van der Waals surface area (Å²) in [4.78, 5) is 23.9. The highest BCUT2D eigenvalue weighted by atomic mass is 16.5. The highest BCUT2D eigenvalue weighted by Gasteiger charge is 2.11. The van der Waals surface area contributed by atoms with E-state index in [0.29, 0.717) is 24.3 Å². The van der Waals surface area contributed by atoms with Crippen LogP contribution in [0.2, 0.25) is 0 Å². The zero-order valence-corrected chi connectivity index (χ0v) is 15.9. The van der Waals surface area contributed by atoms with Crippen LogP contribution in [0, 0.1) is 27.7 Å². The highest BCUT2D eigenvalue weighted by Crippen LogP contribution is 2.22. The van der Waals surface area contributed by atoms with E-state index in [0.717, 1.165) is 22.3 Å². The van der Waals surface area contributed by atoms with Crippen LogP contribution in [0.4, 0.5) is 0 Å². The predicted octanol–water partition coefficient (Wildman–Crippen LogP) is 4.99. The Labute approximate surface area is 155 Å². The number of rotatable bonds is 7. The van der Waals surface area contributed by atoms with Gasteiger partial charge in [-0.2, -0.15) is 0 Å². The van der Waals surface area contributed by atoms with Gasteiger partial charge in [-0.25, -0.2) is 0 Å². The fourth-order valence-corrected chi connectivity index (χ4v) is 2.56. The quantitative estimate of drug-likeness (QED) is 0.399. The monoisotopic (exact) mass is 354 g/mol. The second-order valence-corrected chi connectivity index (χ2v) is 6.55. The van der Waals surface area contributed by atoms with Gasteiger partial charge in [0, 0.05) is 12.8 Å². The summed E-state index contributed by atoms with van der Waals surface area (Å²) in [6.07, 6.45) is 1.74. The fraction of sp³-hybridized carbons (Fsp3) is 0.364. The van der Waals surface area contributed by atoms with Crippen molar-refractivity contribution >= 4 is 11.9 Å². The van der Waals surface area contributed by atoms with E-state index in [1.54, 1.807) is 12.1 Å². The Balaban J connectivity index is 1.72. The Hall–Kier alpha value is -2.62. The zero-order valence-electron chi connectivity index (χ0n) is 15.9. The lowest BCUT2D eigenvalue weighted by molar-refractivity contribution is -0.136. The maximum atomic E-state index is 12.0. The van der Waals surface area contributed by atoms with E-state index in [1.165, 1.54) is 0 Å². The van der Waals surface area contributed by atoms with E-state index in [9.17, 15) is 9.59 Å². The third-order valence-corrected chi connectivity index (χ3v) is 4.57.